The molecule has 1 unspecified atom stereocenters. The number of ether oxygens (including phenoxy) is 5. The Balaban J connectivity index is 2.13. The van der Waals surface area contributed by atoms with E-state index in [-0.39, 0.29) is 30.8 Å². The number of aliphatic hydroxyl groups excluding tert-OH is 1. The number of likely N-dealkylation sites (N-methyl/N-ethyl adjacent to an activating group) is 1. The largest absolute Gasteiger partial charge is 0.459 e. The fraction of sp³-hybridized carbons (Fsp3) is 0.711. The predicted octanol–water partition coefficient (Wildman–Crippen LogP) is 4.72. The number of benzene rings is 1. The summed E-state index contributed by atoms with van der Waals surface area (Å²) in [5, 5.41) is 23.4. The second-order valence-corrected chi connectivity index (χ2v) is 14.5. The maximum atomic E-state index is 13.8. The van der Waals surface area contributed by atoms with Crippen LogP contribution in [0.2, 0.25) is 0 Å². The van der Waals surface area contributed by atoms with Crippen molar-refractivity contribution in [1.82, 2.24) is 4.90 Å². The number of hydrogen-bond acceptors (Lipinski definition) is 11. The van der Waals surface area contributed by atoms with Gasteiger partial charge in [-0.3, -0.25) is 9.59 Å². The number of carbonyl (C=O) groups is 3. The van der Waals surface area contributed by atoms with Crippen molar-refractivity contribution >= 4 is 17.7 Å². The summed E-state index contributed by atoms with van der Waals surface area (Å²) in [5.41, 5.74) is -2.07. The van der Waals surface area contributed by atoms with Gasteiger partial charge in [-0.25, -0.2) is 4.79 Å². The van der Waals surface area contributed by atoms with Gasteiger partial charge in [-0.05, 0) is 91.3 Å². The zero-order valence-corrected chi connectivity index (χ0v) is 31.2. The van der Waals surface area contributed by atoms with Gasteiger partial charge in [-0.2, -0.15) is 0 Å². The quantitative estimate of drug-likeness (QED) is 0.367. The van der Waals surface area contributed by atoms with E-state index in [1.54, 1.807) is 72.7 Å². The van der Waals surface area contributed by atoms with Gasteiger partial charge in [0.25, 0.3) is 0 Å². The summed E-state index contributed by atoms with van der Waals surface area (Å²) in [4.78, 5) is 42.8. The number of ketones is 1. The second-order valence-electron chi connectivity index (χ2n) is 14.5. The number of allylic oxidation sites excluding steroid dienone is 1. The highest BCUT2D eigenvalue weighted by atomic mass is 16.7. The van der Waals surface area contributed by atoms with E-state index in [0.29, 0.717) is 24.0 Å². The van der Waals surface area contributed by atoms with E-state index in [9.17, 15) is 24.6 Å². The van der Waals surface area contributed by atoms with E-state index in [1.807, 2.05) is 32.0 Å². The lowest BCUT2D eigenvalue weighted by atomic mass is 9.76. The second kappa shape index (κ2) is 17.0. The number of esters is 2. The first-order valence-corrected chi connectivity index (χ1v) is 17.6. The van der Waals surface area contributed by atoms with E-state index in [2.05, 4.69) is 0 Å². The van der Waals surface area contributed by atoms with Crippen LogP contribution >= 0.6 is 0 Å². The Morgan fingerprint density at radius 1 is 1.08 bits per heavy atom. The molecule has 0 radical (unpaired) electrons. The smallest absolute Gasteiger partial charge is 0.338 e. The van der Waals surface area contributed by atoms with Crippen LogP contribution in [0.25, 0.3) is 0 Å². The molecule has 11 nitrogen and oxygen atoms in total. The molecule has 1 aromatic carbocycles. The highest BCUT2D eigenvalue weighted by Crippen LogP contribution is 2.39. The average molecular weight is 690 g/mol. The lowest BCUT2D eigenvalue weighted by Gasteiger charge is -2.48. The van der Waals surface area contributed by atoms with E-state index in [0.717, 1.165) is 0 Å². The Morgan fingerprint density at radius 3 is 2.27 bits per heavy atom. The Kier molecular flexibility index (Phi) is 14.2. The molecule has 1 aromatic rings. The standard InChI is InChI=1S/C38H59NO10/c1-12-29-38(44,13-2)21-23(4)30(40)22(3)20-37(8,45-11)33(25(6)31(41)26(7)34(42)47-29)49-36-32(28(39(9)10)19-24(5)46-36)48-35(43)27-17-15-14-16-18-27/h14-18,21-22,24-26,28-29,31-33,36,41,44H,12-13,19-20H2,1-11H3/b23-21+/t22-,24-,25+,26-,28+,29-,31+,32-,33-,36?,37+,38+/m1/s1. The van der Waals surface area contributed by atoms with Crippen molar-refractivity contribution in [2.75, 3.05) is 21.2 Å². The molecule has 0 saturated carbocycles. The number of methoxy groups -OCH3 is 1. The molecule has 2 aliphatic heterocycles. The molecule has 2 aliphatic rings. The summed E-state index contributed by atoms with van der Waals surface area (Å²) in [6.45, 7) is 14.0. The maximum absolute atomic E-state index is 13.8. The summed E-state index contributed by atoms with van der Waals surface area (Å²) in [7, 11) is 5.31. The molecule has 49 heavy (non-hydrogen) atoms. The van der Waals surface area contributed by atoms with Crippen LogP contribution in [0.1, 0.15) is 91.4 Å². The van der Waals surface area contributed by atoms with Crippen LogP contribution in [0.15, 0.2) is 42.0 Å². The molecular weight excluding hydrogens is 630 g/mol. The summed E-state index contributed by atoms with van der Waals surface area (Å²) < 4.78 is 31.4. The van der Waals surface area contributed by atoms with Gasteiger partial charge in [0, 0.05) is 18.9 Å². The van der Waals surface area contributed by atoms with Crippen molar-refractivity contribution in [2.24, 2.45) is 17.8 Å². The van der Waals surface area contributed by atoms with Crippen molar-refractivity contribution in [3.63, 3.8) is 0 Å². The molecule has 0 bridgehead atoms. The zero-order valence-electron chi connectivity index (χ0n) is 31.2. The molecule has 2 N–H and O–H groups in total. The molecule has 11 heteroatoms. The molecule has 1 saturated heterocycles. The Bertz CT molecular complexity index is 1300. The summed E-state index contributed by atoms with van der Waals surface area (Å²) >= 11 is 0. The van der Waals surface area contributed by atoms with Gasteiger partial charge in [0.15, 0.2) is 18.2 Å². The normalized spacial score (nSPS) is 39.4. The van der Waals surface area contributed by atoms with Gasteiger partial charge in [0.05, 0.1) is 41.4 Å². The molecule has 0 spiro atoms. The minimum Gasteiger partial charge on any atom is -0.459 e. The van der Waals surface area contributed by atoms with Crippen molar-refractivity contribution in [2.45, 2.75) is 135 Å². The third-order valence-corrected chi connectivity index (χ3v) is 10.5. The van der Waals surface area contributed by atoms with Gasteiger partial charge in [-0.15, -0.1) is 0 Å². The number of aliphatic hydroxyl groups is 2. The topological polar surface area (TPSA) is 141 Å². The van der Waals surface area contributed by atoms with Crippen molar-refractivity contribution in [1.29, 1.82) is 0 Å². The highest BCUT2D eigenvalue weighted by molar-refractivity contribution is 5.96. The van der Waals surface area contributed by atoms with E-state index >= 15 is 0 Å². The number of hydrogen-bond donors (Lipinski definition) is 2. The first-order valence-electron chi connectivity index (χ1n) is 17.6. The predicted molar refractivity (Wildman–Crippen MR) is 185 cm³/mol. The Morgan fingerprint density at radius 2 is 1.71 bits per heavy atom. The van der Waals surface area contributed by atoms with E-state index in [4.69, 9.17) is 23.7 Å². The average Bonchev–Trinajstić information content (AvgIpc) is 3.08. The van der Waals surface area contributed by atoms with Gasteiger partial charge >= 0.3 is 11.9 Å². The van der Waals surface area contributed by atoms with E-state index in [1.165, 1.54) is 13.2 Å². The van der Waals surface area contributed by atoms with E-state index < -0.39 is 71.6 Å². The lowest BCUT2D eigenvalue weighted by Crippen LogP contribution is -2.60. The molecule has 2 heterocycles. The minimum absolute atomic E-state index is 0.170. The Labute approximate surface area is 292 Å². The maximum Gasteiger partial charge on any atom is 0.338 e. The molecule has 0 amide bonds. The SMILES string of the molecule is CC[C@H]1OC(=O)[C@H](C)[C@@H](O)[C@H](C)[C@@H](OC2O[C@H](C)C[C@H](N(C)C)[C@H]2OC(=O)c2ccccc2)[C@@](C)(OC)C[C@@H](C)C(=O)/C(C)=C/[C@@]1(O)CC. The number of nitrogens with zero attached hydrogens (tertiary/aromatic N) is 1. The summed E-state index contributed by atoms with van der Waals surface area (Å²) in [5.74, 6) is -3.82. The van der Waals surface area contributed by atoms with Gasteiger partial charge in [-0.1, -0.05) is 45.9 Å². The monoisotopic (exact) mass is 689 g/mol. The van der Waals surface area contributed by atoms with Gasteiger partial charge in [0.2, 0.25) is 0 Å². The Hall–Kier alpha value is -2.67. The molecular formula is C38H59NO10. The van der Waals surface area contributed by atoms with Crippen LogP contribution in [0.3, 0.4) is 0 Å². The number of rotatable bonds is 8. The first-order chi connectivity index (χ1) is 22.9. The van der Waals surface area contributed by atoms with Crippen molar-refractivity contribution < 1.29 is 48.3 Å². The minimum atomic E-state index is -1.58. The third-order valence-electron chi connectivity index (χ3n) is 10.5. The number of Topliss-reactive ketones (excluding diaryl/α,β-unsaturated/α-hetero) is 1. The zero-order chi connectivity index (χ0) is 36.8. The molecule has 1 fully saturated rings. The fourth-order valence-electron chi connectivity index (χ4n) is 7.33. The molecule has 3 rings (SSSR count). The van der Waals surface area contributed by atoms with Crippen LogP contribution < -0.4 is 0 Å². The van der Waals surface area contributed by atoms with Crippen LogP contribution in [0.5, 0.6) is 0 Å². The molecule has 276 valence electrons. The number of cyclic esters (lactones) is 1. The molecule has 12 atom stereocenters. The van der Waals surface area contributed by atoms with Crippen LogP contribution in [0, 0.1) is 17.8 Å². The summed E-state index contributed by atoms with van der Waals surface area (Å²) in [6, 6.07) is 8.40. The first kappa shape index (κ1) is 40.8. The number of carbonyl (C=O) groups excluding carboxylic acids is 3. The van der Waals surface area contributed by atoms with Crippen LogP contribution in [-0.4, -0.2) is 108 Å². The van der Waals surface area contributed by atoms with Gasteiger partial charge in [0.1, 0.15) is 11.7 Å². The molecule has 0 aromatic heterocycles. The van der Waals surface area contributed by atoms with Crippen LogP contribution in [-0.2, 0) is 33.3 Å². The van der Waals surface area contributed by atoms with Crippen molar-refractivity contribution in [3.05, 3.63) is 47.5 Å². The summed E-state index contributed by atoms with van der Waals surface area (Å²) in [6.07, 6.45) is -2.70. The highest BCUT2D eigenvalue weighted by Gasteiger charge is 2.51. The van der Waals surface area contributed by atoms with Gasteiger partial charge < -0.3 is 38.8 Å². The van der Waals surface area contributed by atoms with Crippen LogP contribution in [0.4, 0.5) is 0 Å². The third kappa shape index (κ3) is 9.36. The fourth-order valence-corrected chi connectivity index (χ4v) is 7.33. The molecule has 0 aliphatic carbocycles. The lowest BCUT2D eigenvalue weighted by molar-refractivity contribution is -0.300. The van der Waals surface area contributed by atoms with Crippen molar-refractivity contribution in [3.8, 4) is 0 Å².